The van der Waals surface area contributed by atoms with E-state index in [-0.39, 0.29) is 18.2 Å². The van der Waals surface area contributed by atoms with Crippen LogP contribution in [0.5, 0.6) is 5.75 Å². The number of rotatable bonds is 7. The van der Waals surface area contributed by atoms with E-state index in [4.69, 9.17) is 9.73 Å². The van der Waals surface area contributed by atoms with Crippen LogP contribution in [0.15, 0.2) is 89.9 Å². The van der Waals surface area contributed by atoms with Crippen molar-refractivity contribution < 1.29 is 14.3 Å². The lowest BCUT2D eigenvalue weighted by molar-refractivity contribution is -0.121. The third-order valence-corrected chi connectivity index (χ3v) is 6.32. The summed E-state index contributed by atoms with van der Waals surface area (Å²) in [6, 6.07) is 26.9. The van der Waals surface area contributed by atoms with Gasteiger partial charge in [0.25, 0.3) is 0 Å². The summed E-state index contributed by atoms with van der Waals surface area (Å²) in [5.74, 6) is -0.0190. The highest BCUT2D eigenvalue weighted by Crippen LogP contribution is 2.35. The summed E-state index contributed by atoms with van der Waals surface area (Å²) >= 11 is 1.29. The lowest BCUT2D eigenvalue weighted by Crippen LogP contribution is -2.32. The summed E-state index contributed by atoms with van der Waals surface area (Å²) < 4.78 is 5.36. The van der Waals surface area contributed by atoms with Crippen LogP contribution < -0.4 is 15.0 Å². The van der Waals surface area contributed by atoms with Gasteiger partial charge in [-0.3, -0.25) is 14.6 Å². The first-order chi connectivity index (χ1) is 16.2. The van der Waals surface area contributed by atoms with Gasteiger partial charge in [0.2, 0.25) is 11.8 Å². The lowest BCUT2D eigenvalue weighted by atomic mass is 10.2. The van der Waals surface area contributed by atoms with Crippen molar-refractivity contribution in [2.24, 2.45) is 4.99 Å². The Hall–Kier alpha value is -3.58. The normalized spacial score (nSPS) is 16.2. The molecule has 3 aromatic carbocycles. The molecule has 7 heteroatoms. The predicted octanol–water partition coefficient (Wildman–Crippen LogP) is 4.77. The maximum Gasteiger partial charge on any atom is 0.248 e. The summed E-state index contributed by atoms with van der Waals surface area (Å²) in [7, 11) is 1.53. The molecule has 0 bridgehead atoms. The molecule has 6 nitrogen and oxygen atoms in total. The van der Waals surface area contributed by atoms with E-state index in [2.05, 4.69) is 17.4 Å². The minimum Gasteiger partial charge on any atom is -0.495 e. The maximum absolute atomic E-state index is 13.2. The summed E-state index contributed by atoms with van der Waals surface area (Å²) in [6.45, 7) is 0.567. The van der Waals surface area contributed by atoms with Gasteiger partial charge in [-0.1, -0.05) is 72.4 Å². The molecule has 1 aliphatic rings. The van der Waals surface area contributed by atoms with Crippen molar-refractivity contribution in [3.8, 4) is 5.75 Å². The van der Waals surface area contributed by atoms with Gasteiger partial charge in [-0.05, 0) is 36.2 Å². The second-order valence-corrected chi connectivity index (χ2v) is 8.65. The number of thioether (sulfide) groups is 1. The molecule has 0 unspecified atom stereocenters. The van der Waals surface area contributed by atoms with E-state index in [0.29, 0.717) is 23.1 Å². The molecule has 3 aromatic rings. The van der Waals surface area contributed by atoms with Crippen LogP contribution >= 0.6 is 11.8 Å². The van der Waals surface area contributed by atoms with Gasteiger partial charge in [-0.2, -0.15) is 0 Å². The Bertz CT molecular complexity index is 1140. The number of amidine groups is 1. The van der Waals surface area contributed by atoms with E-state index in [1.165, 1.54) is 29.3 Å². The fourth-order valence-electron chi connectivity index (χ4n) is 3.58. The number of aliphatic imine (C=N–C) groups is 1. The summed E-state index contributed by atoms with van der Waals surface area (Å²) in [5.41, 5.74) is 2.54. The van der Waals surface area contributed by atoms with Crippen LogP contribution in [0, 0.1) is 0 Å². The second kappa shape index (κ2) is 10.8. The van der Waals surface area contributed by atoms with Gasteiger partial charge >= 0.3 is 0 Å². The molecule has 168 valence electrons. The molecular formula is C26H25N3O3S. The Morgan fingerprint density at radius 1 is 1.00 bits per heavy atom. The van der Waals surface area contributed by atoms with Crippen LogP contribution in [0.2, 0.25) is 0 Å². The Morgan fingerprint density at radius 3 is 2.39 bits per heavy atom. The minimum absolute atomic E-state index is 0.107. The molecule has 1 fully saturated rings. The molecule has 4 rings (SSSR count). The van der Waals surface area contributed by atoms with Crippen molar-refractivity contribution in [3.63, 3.8) is 0 Å². The summed E-state index contributed by atoms with van der Waals surface area (Å²) in [4.78, 5) is 31.9. The van der Waals surface area contributed by atoms with Crippen LogP contribution in [-0.2, 0) is 16.0 Å². The lowest BCUT2D eigenvalue weighted by Gasteiger charge is -2.18. The van der Waals surface area contributed by atoms with Crippen LogP contribution in [0.1, 0.15) is 12.0 Å². The van der Waals surface area contributed by atoms with Gasteiger partial charge in [0.05, 0.1) is 12.8 Å². The molecule has 0 radical (unpaired) electrons. The molecular weight excluding hydrogens is 434 g/mol. The average molecular weight is 460 g/mol. The number of hydrogen-bond acceptors (Lipinski definition) is 5. The number of para-hydroxylation sites is 3. The van der Waals surface area contributed by atoms with Gasteiger partial charge in [0.1, 0.15) is 11.0 Å². The number of hydrogen-bond donors (Lipinski definition) is 1. The number of nitrogens with zero attached hydrogens (tertiary/aromatic N) is 2. The Balaban J connectivity index is 1.51. The highest BCUT2D eigenvalue weighted by atomic mass is 32.2. The number of amides is 2. The molecule has 1 atom stereocenters. The first-order valence-corrected chi connectivity index (χ1v) is 11.6. The highest BCUT2D eigenvalue weighted by Gasteiger charge is 2.41. The Labute approximate surface area is 197 Å². The molecule has 33 heavy (non-hydrogen) atoms. The van der Waals surface area contributed by atoms with Gasteiger partial charge in [0.15, 0.2) is 5.17 Å². The van der Waals surface area contributed by atoms with Crippen LogP contribution in [-0.4, -0.2) is 35.9 Å². The topological polar surface area (TPSA) is 71.0 Å². The molecule has 0 saturated carbocycles. The van der Waals surface area contributed by atoms with Crippen molar-refractivity contribution >= 4 is 40.1 Å². The predicted molar refractivity (Wildman–Crippen MR) is 134 cm³/mol. The molecule has 0 aliphatic carbocycles. The summed E-state index contributed by atoms with van der Waals surface area (Å²) in [5, 5.41) is 3.37. The van der Waals surface area contributed by atoms with E-state index >= 15 is 0 Å². The molecule has 2 amide bonds. The number of ether oxygens (including phenoxy) is 1. The van der Waals surface area contributed by atoms with Crippen LogP contribution in [0.4, 0.5) is 11.4 Å². The van der Waals surface area contributed by atoms with Crippen molar-refractivity contribution in [3.05, 3.63) is 90.5 Å². The van der Waals surface area contributed by atoms with Gasteiger partial charge in [-0.25, -0.2) is 4.90 Å². The van der Waals surface area contributed by atoms with Gasteiger partial charge in [0, 0.05) is 18.7 Å². The van der Waals surface area contributed by atoms with E-state index in [0.717, 1.165) is 12.1 Å². The largest absolute Gasteiger partial charge is 0.495 e. The fraction of sp³-hybridized carbons (Fsp3) is 0.192. The standard InChI is InChI=1S/C26H25N3O3S/c1-32-22-15-9-8-14-21(22)29-24(30)18-23(25(29)31)33-26(28-20-12-6-3-7-13-20)27-17-16-19-10-4-2-5-11-19/h2-15,23H,16-18H2,1H3,(H,27,28)/t23-/m1/s1. The zero-order chi connectivity index (χ0) is 23.0. The van der Waals surface area contributed by atoms with Crippen molar-refractivity contribution in [1.29, 1.82) is 0 Å². The first-order valence-electron chi connectivity index (χ1n) is 10.7. The smallest absolute Gasteiger partial charge is 0.248 e. The number of methoxy groups -OCH3 is 1. The zero-order valence-electron chi connectivity index (χ0n) is 18.3. The SMILES string of the molecule is COc1ccccc1N1C(=O)C[C@@H](SC(=NCCc2ccccc2)Nc2ccccc2)C1=O. The van der Waals surface area contributed by atoms with Crippen molar-refractivity contribution in [1.82, 2.24) is 0 Å². The number of anilines is 2. The monoisotopic (exact) mass is 459 g/mol. The summed E-state index contributed by atoms with van der Waals surface area (Å²) in [6.07, 6.45) is 0.891. The fourth-order valence-corrected chi connectivity index (χ4v) is 4.63. The third-order valence-electron chi connectivity index (χ3n) is 5.21. The van der Waals surface area contributed by atoms with Gasteiger partial charge < -0.3 is 10.1 Å². The second-order valence-electron chi connectivity index (χ2n) is 7.46. The minimum atomic E-state index is -0.561. The van der Waals surface area contributed by atoms with Crippen molar-refractivity contribution in [2.75, 3.05) is 23.9 Å². The highest BCUT2D eigenvalue weighted by molar-refractivity contribution is 8.15. The quantitative estimate of drug-likeness (QED) is 0.313. The molecule has 0 spiro atoms. The van der Waals surface area contributed by atoms with Crippen LogP contribution in [0.25, 0.3) is 0 Å². The third kappa shape index (κ3) is 5.62. The van der Waals surface area contributed by atoms with Gasteiger partial charge in [-0.15, -0.1) is 0 Å². The number of benzene rings is 3. The number of carbonyl (C=O) groups excluding carboxylic acids is 2. The molecule has 1 N–H and O–H groups in total. The number of carbonyl (C=O) groups is 2. The number of imide groups is 1. The molecule has 1 aliphatic heterocycles. The zero-order valence-corrected chi connectivity index (χ0v) is 19.1. The van der Waals surface area contributed by atoms with Crippen LogP contribution in [0.3, 0.4) is 0 Å². The first kappa shape index (κ1) is 22.6. The maximum atomic E-state index is 13.2. The Morgan fingerprint density at radius 2 is 1.67 bits per heavy atom. The molecule has 0 aromatic heterocycles. The van der Waals surface area contributed by atoms with E-state index in [9.17, 15) is 9.59 Å². The van der Waals surface area contributed by atoms with Crippen molar-refractivity contribution in [2.45, 2.75) is 18.1 Å². The number of nitrogens with one attached hydrogen (secondary N) is 1. The molecule has 1 heterocycles. The van der Waals surface area contributed by atoms with E-state index < -0.39 is 5.25 Å². The molecule has 1 saturated heterocycles. The average Bonchev–Trinajstić information content (AvgIpc) is 3.12. The Kier molecular flexibility index (Phi) is 7.42. The van der Waals surface area contributed by atoms with E-state index in [1.54, 1.807) is 24.3 Å². The van der Waals surface area contributed by atoms with E-state index in [1.807, 2.05) is 48.5 Å².